The highest BCUT2D eigenvalue weighted by atomic mass is 16.4. The third-order valence-corrected chi connectivity index (χ3v) is 3.50. The zero-order chi connectivity index (χ0) is 13.0. The molecule has 1 aliphatic heterocycles. The molecule has 0 aromatic heterocycles. The molecule has 0 radical (unpaired) electrons. The van der Waals surface area contributed by atoms with Crippen molar-refractivity contribution in [3.05, 3.63) is 0 Å². The number of carbonyl (C=O) groups excluding carboxylic acids is 1. The molecule has 1 saturated heterocycles. The Balaban J connectivity index is 2.45. The Hall–Kier alpha value is -1.10. The largest absolute Gasteiger partial charge is 0.481 e. The number of carbonyl (C=O) groups is 2. The van der Waals surface area contributed by atoms with Crippen LogP contribution in [0.5, 0.6) is 0 Å². The van der Waals surface area contributed by atoms with Crippen molar-refractivity contribution in [2.45, 2.75) is 45.7 Å². The maximum absolute atomic E-state index is 11.9. The lowest BCUT2D eigenvalue weighted by atomic mass is 9.91. The number of rotatable bonds is 4. The summed E-state index contributed by atoms with van der Waals surface area (Å²) in [7, 11) is 0. The summed E-state index contributed by atoms with van der Waals surface area (Å²) >= 11 is 0. The number of amides is 1. The third kappa shape index (κ3) is 4.00. The number of carboxylic acid groups (broad SMARTS) is 1. The summed E-state index contributed by atoms with van der Waals surface area (Å²) in [6.45, 7) is 6.25. The molecule has 1 amide bonds. The fourth-order valence-corrected chi connectivity index (χ4v) is 2.05. The third-order valence-electron chi connectivity index (χ3n) is 3.50. The topological polar surface area (TPSA) is 78.4 Å². The lowest BCUT2D eigenvalue weighted by molar-refractivity contribution is -0.142. The van der Waals surface area contributed by atoms with Crippen LogP contribution in [0.2, 0.25) is 0 Å². The minimum Gasteiger partial charge on any atom is -0.481 e. The van der Waals surface area contributed by atoms with Gasteiger partial charge in [-0.05, 0) is 40.2 Å². The average molecular weight is 242 g/mol. The quantitative estimate of drug-likeness (QED) is 0.674. The van der Waals surface area contributed by atoms with Crippen LogP contribution in [0.4, 0.5) is 0 Å². The van der Waals surface area contributed by atoms with Crippen molar-refractivity contribution in [2.75, 3.05) is 6.54 Å². The van der Waals surface area contributed by atoms with E-state index in [1.165, 1.54) is 0 Å². The Morgan fingerprint density at radius 2 is 2.06 bits per heavy atom. The molecule has 4 atom stereocenters. The Kier molecular flexibility index (Phi) is 4.93. The zero-order valence-corrected chi connectivity index (χ0v) is 10.7. The van der Waals surface area contributed by atoms with Crippen LogP contribution in [0.1, 0.15) is 33.6 Å². The van der Waals surface area contributed by atoms with E-state index in [0.29, 0.717) is 6.04 Å². The van der Waals surface area contributed by atoms with Crippen LogP contribution in [-0.2, 0) is 9.59 Å². The van der Waals surface area contributed by atoms with Gasteiger partial charge in [-0.3, -0.25) is 9.59 Å². The van der Waals surface area contributed by atoms with Gasteiger partial charge in [-0.2, -0.15) is 0 Å². The van der Waals surface area contributed by atoms with E-state index in [9.17, 15) is 9.59 Å². The second-order valence-corrected chi connectivity index (χ2v) is 5.00. The van der Waals surface area contributed by atoms with Crippen molar-refractivity contribution in [3.63, 3.8) is 0 Å². The molecule has 0 aromatic carbocycles. The lowest BCUT2D eigenvalue weighted by Crippen LogP contribution is -2.47. The minimum atomic E-state index is -0.878. The summed E-state index contributed by atoms with van der Waals surface area (Å²) < 4.78 is 0. The zero-order valence-electron chi connectivity index (χ0n) is 10.7. The highest BCUT2D eigenvalue weighted by molar-refractivity contribution is 5.80. The van der Waals surface area contributed by atoms with E-state index in [0.717, 1.165) is 19.4 Å². The van der Waals surface area contributed by atoms with Gasteiger partial charge in [0.1, 0.15) is 0 Å². The van der Waals surface area contributed by atoms with Gasteiger partial charge in [0, 0.05) is 18.0 Å². The molecule has 4 unspecified atom stereocenters. The fraction of sp³-hybridized carbons (Fsp3) is 0.833. The van der Waals surface area contributed by atoms with E-state index in [-0.39, 0.29) is 17.9 Å². The van der Waals surface area contributed by atoms with Gasteiger partial charge in [0.25, 0.3) is 0 Å². The van der Waals surface area contributed by atoms with Crippen LogP contribution in [0, 0.1) is 11.8 Å². The van der Waals surface area contributed by atoms with Gasteiger partial charge in [0.05, 0.1) is 5.92 Å². The molecule has 0 spiro atoms. The Bertz CT molecular complexity index is 293. The van der Waals surface area contributed by atoms with Crippen molar-refractivity contribution < 1.29 is 14.7 Å². The van der Waals surface area contributed by atoms with Gasteiger partial charge in [0.2, 0.25) is 5.91 Å². The van der Waals surface area contributed by atoms with Gasteiger partial charge in [-0.25, -0.2) is 0 Å². The molecular formula is C12H22N2O3. The van der Waals surface area contributed by atoms with Crippen molar-refractivity contribution in [1.29, 1.82) is 0 Å². The van der Waals surface area contributed by atoms with Crippen LogP contribution < -0.4 is 10.6 Å². The van der Waals surface area contributed by atoms with Crippen LogP contribution in [-0.4, -0.2) is 35.6 Å². The highest BCUT2D eigenvalue weighted by Gasteiger charge is 2.28. The summed E-state index contributed by atoms with van der Waals surface area (Å²) in [6.07, 6.45) is 1.64. The SMILES string of the molecule is CC1CC(C(=O)NC(C)C(C)C(=O)O)CCN1. The predicted molar refractivity (Wildman–Crippen MR) is 64.6 cm³/mol. The maximum Gasteiger partial charge on any atom is 0.308 e. The van der Waals surface area contributed by atoms with Gasteiger partial charge < -0.3 is 15.7 Å². The fourth-order valence-electron chi connectivity index (χ4n) is 2.05. The van der Waals surface area contributed by atoms with Crippen molar-refractivity contribution in [3.8, 4) is 0 Å². The smallest absolute Gasteiger partial charge is 0.308 e. The van der Waals surface area contributed by atoms with Gasteiger partial charge in [-0.1, -0.05) is 0 Å². The van der Waals surface area contributed by atoms with E-state index in [1.807, 2.05) is 0 Å². The molecule has 5 heteroatoms. The Morgan fingerprint density at radius 1 is 1.41 bits per heavy atom. The van der Waals surface area contributed by atoms with Gasteiger partial charge >= 0.3 is 5.97 Å². The molecule has 1 aliphatic rings. The standard InChI is InChI=1S/C12H22N2O3/c1-7-6-10(4-5-13-7)11(15)14-9(3)8(2)12(16)17/h7-10,13H,4-6H2,1-3H3,(H,14,15)(H,16,17). The van der Waals surface area contributed by atoms with Crippen molar-refractivity contribution >= 4 is 11.9 Å². The second kappa shape index (κ2) is 6.00. The number of nitrogens with one attached hydrogen (secondary N) is 2. The van der Waals surface area contributed by atoms with E-state index in [4.69, 9.17) is 5.11 Å². The average Bonchev–Trinajstić information content (AvgIpc) is 2.27. The number of hydrogen-bond donors (Lipinski definition) is 3. The van der Waals surface area contributed by atoms with Crippen LogP contribution in [0.3, 0.4) is 0 Å². The molecule has 5 nitrogen and oxygen atoms in total. The molecule has 17 heavy (non-hydrogen) atoms. The van der Waals surface area contributed by atoms with Gasteiger partial charge in [-0.15, -0.1) is 0 Å². The van der Waals surface area contributed by atoms with Crippen molar-refractivity contribution in [1.82, 2.24) is 10.6 Å². The number of piperidine rings is 1. The highest BCUT2D eigenvalue weighted by Crippen LogP contribution is 2.16. The van der Waals surface area contributed by atoms with Crippen LogP contribution in [0.15, 0.2) is 0 Å². The number of carboxylic acids is 1. The summed E-state index contributed by atoms with van der Waals surface area (Å²) in [5.41, 5.74) is 0. The first-order chi connectivity index (χ1) is 7.91. The summed E-state index contributed by atoms with van der Waals surface area (Å²) in [5, 5.41) is 14.9. The second-order valence-electron chi connectivity index (χ2n) is 5.00. The minimum absolute atomic E-state index is 0.00898. The molecule has 0 saturated carbocycles. The first kappa shape index (κ1) is 14.0. The maximum atomic E-state index is 11.9. The molecular weight excluding hydrogens is 220 g/mol. The molecule has 0 aromatic rings. The molecule has 98 valence electrons. The van der Waals surface area contributed by atoms with E-state index < -0.39 is 11.9 Å². The summed E-state index contributed by atoms with van der Waals surface area (Å²) in [6, 6.07) is 0.0249. The normalized spacial score (nSPS) is 28.2. The first-order valence-electron chi connectivity index (χ1n) is 6.18. The molecule has 1 rings (SSSR count). The molecule has 0 aliphatic carbocycles. The molecule has 0 bridgehead atoms. The van der Waals surface area contributed by atoms with Crippen LogP contribution in [0.25, 0.3) is 0 Å². The number of hydrogen-bond acceptors (Lipinski definition) is 3. The Labute approximate surface area is 102 Å². The van der Waals surface area contributed by atoms with Crippen molar-refractivity contribution in [2.24, 2.45) is 11.8 Å². The summed E-state index contributed by atoms with van der Waals surface area (Å²) in [5.74, 6) is -1.44. The van der Waals surface area contributed by atoms with E-state index in [1.54, 1.807) is 13.8 Å². The predicted octanol–water partition coefficient (Wildman–Crippen LogP) is 0.600. The first-order valence-corrected chi connectivity index (χ1v) is 6.18. The molecule has 3 N–H and O–H groups in total. The van der Waals surface area contributed by atoms with E-state index in [2.05, 4.69) is 17.6 Å². The van der Waals surface area contributed by atoms with E-state index >= 15 is 0 Å². The monoisotopic (exact) mass is 242 g/mol. The van der Waals surface area contributed by atoms with Gasteiger partial charge in [0.15, 0.2) is 0 Å². The Morgan fingerprint density at radius 3 is 2.59 bits per heavy atom. The summed E-state index contributed by atoms with van der Waals surface area (Å²) in [4.78, 5) is 22.7. The van der Waals surface area contributed by atoms with Crippen LogP contribution >= 0.6 is 0 Å². The molecule has 1 heterocycles. The molecule has 1 fully saturated rings. The number of aliphatic carboxylic acids is 1. The lowest BCUT2D eigenvalue weighted by Gasteiger charge is -2.28.